The molecule has 0 spiro atoms. The molecule has 1 aromatic carbocycles. The molecule has 7 nitrogen and oxygen atoms in total. The molecule has 2 heterocycles. The van der Waals surface area contributed by atoms with E-state index in [2.05, 4.69) is 34.6 Å². The largest absolute Gasteiger partial charge is 0.354 e. The van der Waals surface area contributed by atoms with Crippen LogP contribution in [0.2, 0.25) is 0 Å². The summed E-state index contributed by atoms with van der Waals surface area (Å²) < 4.78 is 27.8. The monoisotopic (exact) mass is 399 g/mol. The van der Waals surface area contributed by atoms with Gasteiger partial charge < -0.3 is 4.90 Å². The molecular weight excluding hydrogens is 374 g/mol. The predicted octanol–water partition coefficient (Wildman–Crippen LogP) is 2.67. The summed E-state index contributed by atoms with van der Waals surface area (Å²) in [5, 5.41) is 9.17. The van der Waals surface area contributed by atoms with Crippen LogP contribution in [0.1, 0.15) is 43.9 Å². The Morgan fingerprint density at radius 3 is 2.43 bits per heavy atom. The molecule has 0 unspecified atom stereocenters. The highest BCUT2D eigenvalue weighted by atomic mass is 32.2. The Morgan fingerprint density at radius 1 is 1.18 bits per heavy atom. The van der Waals surface area contributed by atoms with Crippen molar-refractivity contribution < 1.29 is 8.42 Å². The van der Waals surface area contributed by atoms with E-state index in [1.165, 1.54) is 6.20 Å². The van der Waals surface area contributed by atoms with Crippen LogP contribution < -0.4 is 9.62 Å². The van der Waals surface area contributed by atoms with E-state index >= 15 is 0 Å². The second-order valence-electron chi connectivity index (χ2n) is 7.35. The lowest BCUT2D eigenvalue weighted by molar-refractivity contribution is 0.400. The van der Waals surface area contributed by atoms with Crippen molar-refractivity contribution in [3.63, 3.8) is 0 Å². The Labute approximate surface area is 166 Å². The number of nitriles is 1. The Balaban J connectivity index is 1.55. The van der Waals surface area contributed by atoms with Crippen LogP contribution in [0, 0.1) is 17.2 Å². The average molecular weight is 400 g/mol. The molecule has 1 N–H and O–H groups in total. The zero-order valence-corrected chi connectivity index (χ0v) is 17.0. The van der Waals surface area contributed by atoms with Gasteiger partial charge in [-0.1, -0.05) is 26.0 Å². The van der Waals surface area contributed by atoms with Gasteiger partial charge >= 0.3 is 0 Å². The highest BCUT2D eigenvalue weighted by Crippen LogP contribution is 2.23. The Morgan fingerprint density at radius 2 is 1.82 bits per heavy atom. The molecule has 0 amide bonds. The zero-order chi connectivity index (χ0) is 20.1. The van der Waals surface area contributed by atoms with E-state index in [4.69, 9.17) is 0 Å². The quantitative estimate of drug-likeness (QED) is 0.802. The van der Waals surface area contributed by atoms with E-state index in [0.29, 0.717) is 28.9 Å². The summed E-state index contributed by atoms with van der Waals surface area (Å²) in [5.74, 6) is 1.23. The summed E-state index contributed by atoms with van der Waals surface area (Å²) in [7, 11) is -3.51. The summed E-state index contributed by atoms with van der Waals surface area (Å²) in [6.07, 6.45) is 4.75. The van der Waals surface area contributed by atoms with E-state index in [9.17, 15) is 13.7 Å². The number of piperidine rings is 1. The summed E-state index contributed by atoms with van der Waals surface area (Å²) in [6.45, 7) is 6.02. The Bertz CT molecular complexity index is 943. The summed E-state index contributed by atoms with van der Waals surface area (Å²) in [4.78, 5) is 10.7. The topological polar surface area (TPSA) is 99.0 Å². The van der Waals surface area contributed by atoms with Gasteiger partial charge in [-0.2, -0.15) is 5.26 Å². The lowest BCUT2D eigenvalue weighted by Gasteiger charge is -2.32. The van der Waals surface area contributed by atoms with Crippen molar-refractivity contribution in [1.82, 2.24) is 14.7 Å². The van der Waals surface area contributed by atoms with Crippen molar-refractivity contribution in [3.05, 3.63) is 47.9 Å². The summed E-state index contributed by atoms with van der Waals surface area (Å²) in [5.41, 5.74) is 1.44. The number of hydrogen-bond donors (Lipinski definition) is 1. The first kappa shape index (κ1) is 20.2. The third-order valence-corrected chi connectivity index (χ3v) is 6.56. The van der Waals surface area contributed by atoms with Crippen LogP contribution in [0.15, 0.2) is 41.6 Å². The number of aromatic nitrogens is 2. The molecule has 28 heavy (non-hydrogen) atoms. The van der Waals surface area contributed by atoms with Gasteiger partial charge in [0, 0.05) is 32.0 Å². The first-order valence-electron chi connectivity index (χ1n) is 9.46. The minimum atomic E-state index is -3.51. The van der Waals surface area contributed by atoms with Gasteiger partial charge in [0.1, 0.15) is 6.07 Å². The highest BCUT2D eigenvalue weighted by Gasteiger charge is 2.24. The maximum atomic E-state index is 12.5. The molecule has 148 valence electrons. The van der Waals surface area contributed by atoms with Crippen LogP contribution in [0.5, 0.6) is 0 Å². The van der Waals surface area contributed by atoms with Gasteiger partial charge in [0.2, 0.25) is 10.0 Å². The van der Waals surface area contributed by atoms with Gasteiger partial charge in [-0.05, 0) is 42.4 Å². The average Bonchev–Trinajstić information content (AvgIpc) is 2.72. The fraction of sp³-hybridized carbons (Fsp3) is 0.450. The molecule has 0 aliphatic carbocycles. The summed E-state index contributed by atoms with van der Waals surface area (Å²) in [6, 6.07) is 9.13. The van der Waals surface area contributed by atoms with Crippen molar-refractivity contribution in [2.75, 3.05) is 24.5 Å². The molecule has 0 saturated carbocycles. The van der Waals surface area contributed by atoms with Crippen LogP contribution >= 0.6 is 0 Å². The van der Waals surface area contributed by atoms with Crippen molar-refractivity contribution in [3.8, 4) is 6.07 Å². The lowest BCUT2D eigenvalue weighted by Crippen LogP contribution is -2.39. The van der Waals surface area contributed by atoms with Crippen molar-refractivity contribution in [2.45, 2.75) is 37.5 Å². The number of anilines is 1. The van der Waals surface area contributed by atoms with E-state index in [-0.39, 0.29) is 5.92 Å². The third kappa shape index (κ3) is 4.66. The number of hydrogen-bond acceptors (Lipinski definition) is 6. The second-order valence-corrected chi connectivity index (χ2v) is 9.11. The zero-order valence-electron chi connectivity index (χ0n) is 16.2. The van der Waals surface area contributed by atoms with E-state index in [0.717, 1.165) is 31.5 Å². The minimum absolute atomic E-state index is 0.253. The van der Waals surface area contributed by atoms with Gasteiger partial charge in [-0.25, -0.2) is 23.1 Å². The van der Waals surface area contributed by atoms with E-state index in [1.54, 1.807) is 18.3 Å². The van der Waals surface area contributed by atoms with E-state index < -0.39 is 10.0 Å². The fourth-order valence-electron chi connectivity index (χ4n) is 3.33. The first-order chi connectivity index (χ1) is 13.4. The molecule has 8 heteroatoms. The first-order valence-corrected chi connectivity index (χ1v) is 10.9. The summed E-state index contributed by atoms with van der Waals surface area (Å²) >= 11 is 0. The van der Waals surface area contributed by atoms with Crippen LogP contribution in [0.25, 0.3) is 0 Å². The number of sulfonamides is 1. The molecule has 1 fully saturated rings. The van der Waals surface area contributed by atoms with Crippen molar-refractivity contribution in [2.24, 2.45) is 5.92 Å². The van der Waals surface area contributed by atoms with Crippen molar-refractivity contribution >= 4 is 15.8 Å². The molecule has 0 atom stereocenters. The predicted molar refractivity (Wildman–Crippen MR) is 107 cm³/mol. The van der Waals surface area contributed by atoms with Gasteiger partial charge in [-0.3, -0.25) is 0 Å². The third-order valence-electron chi connectivity index (χ3n) is 5.12. The molecule has 1 aliphatic rings. The Hall–Kier alpha value is -2.50. The van der Waals surface area contributed by atoms with Crippen LogP contribution in [-0.2, 0) is 10.0 Å². The number of nitrogens with one attached hydrogen (secondary N) is 1. The maximum Gasteiger partial charge on any atom is 0.240 e. The van der Waals surface area contributed by atoms with Gasteiger partial charge in [-0.15, -0.1) is 0 Å². The molecule has 2 aromatic rings. The highest BCUT2D eigenvalue weighted by molar-refractivity contribution is 7.89. The van der Waals surface area contributed by atoms with Crippen LogP contribution in [0.4, 0.5) is 5.82 Å². The molecule has 0 radical (unpaired) electrons. The molecule has 1 saturated heterocycles. The molecule has 0 bridgehead atoms. The maximum absolute atomic E-state index is 12.5. The number of nitrogens with zero attached hydrogens (tertiary/aromatic N) is 4. The number of benzene rings is 1. The number of rotatable bonds is 6. The standard InChI is InChI=1S/C20H25N5O2S/c1-15(2)17-3-5-18(6-4-17)28(26,27)24-14-16-7-11-25(12-8-16)20-19(13-21)22-9-10-23-20/h3-6,9-10,15-16,24H,7-8,11-12,14H2,1-2H3. The van der Waals surface area contributed by atoms with Gasteiger partial charge in [0.25, 0.3) is 0 Å². The van der Waals surface area contributed by atoms with E-state index in [1.807, 2.05) is 17.0 Å². The fourth-order valence-corrected chi connectivity index (χ4v) is 4.45. The molecule has 1 aliphatic heterocycles. The van der Waals surface area contributed by atoms with Crippen LogP contribution in [0.3, 0.4) is 0 Å². The van der Waals surface area contributed by atoms with Gasteiger partial charge in [0.15, 0.2) is 11.5 Å². The van der Waals surface area contributed by atoms with Crippen LogP contribution in [-0.4, -0.2) is 38.0 Å². The smallest absolute Gasteiger partial charge is 0.240 e. The minimum Gasteiger partial charge on any atom is -0.354 e. The molecule has 3 rings (SSSR count). The SMILES string of the molecule is CC(C)c1ccc(S(=O)(=O)NCC2CCN(c3nccnc3C#N)CC2)cc1. The Kier molecular flexibility index (Phi) is 6.27. The normalized spacial score (nSPS) is 15.6. The lowest BCUT2D eigenvalue weighted by atomic mass is 9.97. The van der Waals surface area contributed by atoms with Crippen molar-refractivity contribution in [1.29, 1.82) is 5.26 Å². The molecular formula is C20H25N5O2S. The second kappa shape index (κ2) is 8.67. The van der Waals surface area contributed by atoms with Gasteiger partial charge in [0.05, 0.1) is 4.90 Å². The molecule has 1 aromatic heterocycles.